The van der Waals surface area contributed by atoms with Gasteiger partial charge >= 0.3 is 0 Å². The molecule has 0 unspecified atom stereocenters. The molecule has 2 aromatic heterocycles. The van der Waals surface area contributed by atoms with E-state index in [-0.39, 0.29) is 6.54 Å². The van der Waals surface area contributed by atoms with E-state index in [1.54, 1.807) is 0 Å². The maximum atomic E-state index is 11.2. The number of fused-ring (bicyclic) bond motifs is 1. The summed E-state index contributed by atoms with van der Waals surface area (Å²) in [4.78, 5) is 2.15. The second-order valence-electron chi connectivity index (χ2n) is 6.34. The molecule has 0 saturated carbocycles. The van der Waals surface area contributed by atoms with Crippen molar-refractivity contribution in [3.8, 4) is 0 Å². The van der Waals surface area contributed by atoms with Crippen molar-refractivity contribution in [2.75, 3.05) is 17.7 Å². The van der Waals surface area contributed by atoms with Gasteiger partial charge in [-0.1, -0.05) is 13.8 Å². The summed E-state index contributed by atoms with van der Waals surface area (Å²) in [5.74, 6) is 1.21. The first-order chi connectivity index (χ1) is 11.3. The molecule has 0 saturated heterocycles. The van der Waals surface area contributed by atoms with Gasteiger partial charge in [-0.25, -0.2) is 13.1 Å². The van der Waals surface area contributed by atoms with E-state index >= 15 is 0 Å². The van der Waals surface area contributed by atoms with E-state index in [1.807, 2.05) is 22.9 Å². The standard InChI is InChI=1S/C15H22N6O2S/c1-11(2)14-4-5-15(18-17-14)20-6-7-21-13(10-20)8-12(19-21)9-16-24(3,22)23/h4-5,8,11,16H,6-7,9-10H2,1-3H3. The first-order valence-corrected chi connectivity index (χ1v) is 9.80. The molecule has 8 nitrogen and oxygen atoms in total. The summed E-state index contributed by atoms with van der Waals surface area (Å²) in [6.07, 6.45) is 1.14. The number of hydrogen-bond donors (Lipinski definition) is 1. The first kappa shape index (κ1) is 16.8. The second kappa shape index (κ2) is 6.48. The zero-order chi connectivity index (χ0) is 17.3. The monoisotopic (exact) mass is 350 g/mol. The third-order valence-corrected chi connectivity index (χ3v) is 4.62. The van der Waals surface area contributed by atoms with Gasteiger partial charge in [-0.05, 0) is 24.1 Å². The Morgan fingerprint density at radius 1 is 1.25 bits per heavy atom. The van der Waals surface area contributed by atoms with Crippen LogP contribution in [0.5, 0.6) is 0 Å². The van der Waals surface area contributed by atoms with Crippen molar-refractivity contribution in [2.24, 2.45) is 0 Å². The number of nitrogens with zero attached hydrogens (tertiary/aromatic N) is 5. The van der Waals surface area contributed by atoms with E-state index in [2.05, 4.69) is 38.8 Å². The fraction of sp³-hybridized carbons (Fsp3) is 0.533. The molecular weight excluding hydrogens is 328 g/mol. The Morgan fingerprint density at radius 2 is 2.04 bits per heavy atom. The molecule has 2 aromatic rings. The van der Waals surface area contributed by atoms with Gasteiger partial charge in [-0.15, -0.1) is 5.10 Å². The lowest BCUT2D eigenvalue weighted by Crippen LogP contribution is -2.34. The van der Waals surface area contributed by atoms with E-state index in [1.165, 1.54) is 0 Å². The highest BCUT2D eigenvalue weighted by atomic mass is 32.2. The summed E-state index contributed by atoms with van der Waals surface area (Å²) in [6.45, 7) is 6.61. The highest BCUT2D eigenvalue weighted by molar-refractivity contribution is 7.88. The summed E-state index contributed by atoms with van der Waals surface area (Å²) >= 11 is 0. The van der Waals surface area contributed by atoms with E-state index in [0.29, 0.717) is 12.5 Å². The Morgan fingerprint density at radius 3 is 2.67 bits per heavy atom. The van der Waals surface area contributed by atoms with Crippen molar-refractivity contribution in [1.82, 2.24) is 24.7 Å². The molecule has 0 bridgehead atoms. The molecular formula is C15H22N6O2S. The van der Waals surface area contributed by atoms with Gasteiger partial charge in [0.1, 0.15) is 0 Å². The quantitative estimate of drug-likeness (QED) is 0.860. The topological polar surface area (TPSA) is 93.0 Å². The predicted octanol–water partition coefficient (Wildman–Crippen LogP) is 0.866. The third kappa shape index (κ3) is 3.90. The molecule has 1 N–H and O–H groups in total. The van der Waals surface area contributed by atoms with Crippen LogP contribution in [0, 0.1) is 0 Å². The van der Waals surface area contributed by atoms with Crippen molar-refractivity contribution >= 4 is 15.8 Å². The number of aromatic nitrogens is 4. The smallest absolute Gasteiger partial charge is 0.209 e. The van der Waals surface area contributed by atoms with Crippen molar-refractivity contribution in [1.29, 1.82) is 0 Å². The van der Waals surface area contributed by atoms with Crippen LogP contribution < -0.4 is 9.62 Å². The molecule has 0 fully saturated rings. The Balaban J connectivity index is 1.71. The fourth-order valence-corrected chi connectivity index (χ4v) is 3.04. The Labute approximate surface area is 141 Å². The van der Waals surface area contributed by atoms with Crippen molar-refractivity contribution in [3.63, 3.8) is 0 Å². The Kier molecular flexibility index (Phi) is 4.55. The molecule has 1 aliphatic heterocycles. The Bertz CT molecular complexity index is 813. The lowest BCUT2D eigenvalue weighted by atomic mass is 10.1. The van der Waals surface area contributed by atoms with Gasteiger partial charge in [0.15, 0.2) is 5.82 Å². The second-order valence-corrected chi connectivity index (χ2v) is 8.17. The van der Waals surface area contributed by atoms with E-state index in [4.69, 9.17) is 0 Å². The van der Waals surface area contributed by atoms with Crippen LogP contribution in [0.25, 0.3) is 0 Å². The van der Waals surface area contributed by atoms with Gasteiger partial charge in [0.05, 0.1) is 43.0 Å². The number of nitrogens with one attached hydrogen (secondary N) is 1. The molecule has 0 radical (unpaired) electrons. The molecule has 3 rings (SSSR count). The highest BCUT2D eigenvalue weighted by Gasteiger charge is 2.20. The predicted molar refractivity (Wildman–Crippen MR) is 91.1 cm³/mol. The fourth-order valence-electron chi connectivity index (χ4n) is 2.62. The van der Waals surface area contributed by atoms with Gasteiger partial charge in [0.2, 0.25) is 10.0 Å². The molecule has 9 heteroatoms. The minimum Gasteiger partial charge on any atom is -0.347 e. The number of hydrogen-bond acceptors (Lipinski definition) is 6. The largest absolute Gasteiger partial charge is 0.347 e. The minimum absolute atomic E-state index is 0.210. The van der Waals surface area contributed by atoms with Gasteiger partial charge < -0.3 is 4.90 Å². The van der Waals surface area contributed by atoms with Crippen LogP contribution in [0.2, 0.25) is 0 Å². The summed E-state index contributed by atoms with van der Waals surface area (Å²) < 4.78 is 26.8. The molecule has 0 spiro atoms. The van der Waals surface area contributed by atoms with Gasteiger partial charge in [-0.3, -0.25) is 4.68 Å². The maximum Gasteiger partial charge on any atom is 0.209 e. The van der Waals surface area contributed by atoms with E-state index < -0.39 is 10.0 Å². The average molecular weight is 350 g/mol. The van der Waals surface area contributed by atoms with Crippen molar-refractivity contribution in [3.05, 3.63) is 35.3 Å². The van der Waals surface area contributed by atoms with Crippen molar-refractivity contribution < 1.29 is 8.42 Å². The zero-order valence-electron chi connectivity index (χ0n) is 14.1. The molecule has 3 heterocycles. The summed E-state index contributed by atoms with van der Waals surface area (Å²) in [7, 11) is -3.22. The number of rotatable bonds is 5. The summed E-state index contributed by atoms with van der Waals surface area (Å²) in [6, 6.07) is 5.95. The van der Waals surface area contributed by atoms with Crippen LogP contribution in [-0.4, -0.2) is 41.2 Å². The summed E-state index contributed by atoms with van der Waals surface area (Å²) in [5, 5.41) is 13.1. The molecule has 0 aromatic carbocycles. The van der Waals surface area contributed by atoms with Crippen molar-refractivity contribution in [2.45, 2.75) is 39.4 Å². The molecule has 0 amide bonds. The van der Waals surface area contributed by atoms with Crippen LogP contribution in [0.4, 0.5) is 5.82 Å². The molecule has 130 valence electrons. The van der Waals surface area contributed by atoms with E-state index in [0.717, 1.165) is 42.2 Å². The van der Waals surface area contributed by atoms with Gasteiger partial charge in [-0.2, -0.15) is 10.2 Å². The SMILES string of the molecule is CC(C)c1ccc(N2CCn3nc(CNS(C)(=O)=O)cc3C2)nn1. The van der Waals surface area contributed by atoms with Crippen LogP contribution in [0.1, 0.15) is 36.8 Å². The van der Waals surface area contributed by atoms with Crippen LogP contribution in [0.3, 0.4) is 0 Å². The van der Waals surface area contributed by atoms with Crippen LogP contribution in [0.15, 0.2) is 18.2 Å². The molecule has 0 aliphatic carbocycles. The summed E-state index contributed by atoms with van der Waals surface area (Å²) in [5.41, 5.74) is 2.75. The number of anilines is 1. The van der Waals surface area contributed by atoms with Crippen LogP contribution in [-0.2, 0) is 29.7 Å². The molecule has 24 heavy (non-hydrogen) atoms. The zero-order valence-corrected chi connectivity index (χ0v) is 14.9. The van der Waals surface area contributed by atoms with Gasteiger partial charge in [0, 0.05) is 6.54 Å². The number of sulfonamides is 1. The normalized spacial score (nSPS) is 14.9. The highest BCUT2D eigenvalue weighted by Crippen LogP contribution is 2.20. The Hall–Kier alpha value is -2.00. The minimum atomic E-state index is -3.22. The molecule has 0 atom stereocenters. The lowest BCUT2D eigenvalue weighted by molar-refractivity contribution is 0.511. The third-order valence-electron chi connectivity index (χ3n) is 3.95. The molecule has 1 aliphatic rings. The maximum absolute atomic E-state index is 11.2. The van der Waals surface area contributed by atoms with Crippen LogP contribution >= 0.6 is 0 Å². The first-order valence-electron chi connectivity index (χ1n) is 7.90. The lowest BCUT2D eigenvalue weighted by Gasteiger charge is -2.28. The van der Waals surface area contributed by atoms with Gasteiger partial charge in [0.25, 0.3) is 0 Å². The average Bonchev–Trinajstić information content (AvgIpc) is 2.94. The van der Waals surface area contributed by atoms with E-state index in [9.17, 15) is 8.42 Å².